The standard InChI is InChI=1S/C26H36Cl2FN5/c1-4-5-10-34(26-24(28)15-21(17-31-26)19(2)30)14-13-32(3)23-8-11-33(12-9-23)18-20-6-7-22(27)16-25(20)29/h6-7,15-17,23H,2,4-5,8-14,18,30H2,1,3H3. The molecule has 0 atom stereocenters. The summed E-state index contributed by atoms with van der Waals surface area (Å²) in [6, 6.07) is 7.28. The molecular weight excluding hydrogens is 472 g/mol. The summed E-state index contributed by atoms with van der Waals surface area (Å²) >= 11 is 12.4. The first-order valence-electron chi connectivity index (χ1n) is 12.0. The van der Waals surface area contributed by atoms with E-state index in [2.05, 4.69) is 40.2 Å². The fourth-order valence-electron chi connectivity index (χ4n) is 4.38. The van der Waals surface area contributed by atoms with E-state index in [0.717, 1.165) is 69.8 Å². The molecule has 5 nitrogen and oxygen atoms in total. The third kappa shape index (κ3) is 7.32. The SMILES string of the molecule is C=C(N)c1cnc(N(CCCC)CCN(C)C2CCN(Cc3ccc(Cl)cc3F)CC2)c(Cl)c1. The van der Waals surface area contributed by atoms with E-state index in [1.165, 1.54) is 6.07 Å². The van der Waals surface area contributed by atoms with Crippen molar-refractivity contribution in [3.05, 3.63) is 64.0 Å². The summed E-state index contributed by atoms with van der Waals surface area (Å²) in [6.07, 6.45) is 6.05. The molecule has 1 aliphatic heterocycles. The van der Waals surface area contributed by atoms with Crippen molar-refractivity contribution in [2.75, 3.05) is 44.7 Å². The molecule has 0 amide bonds. The van der Waals surface area contributed by atoms with Gasteiger partial charge in [0.25, 0.3) is 0 Å². The van der Waals surface area contributed by atoms with E-state index in [1.807, 2.05) is 6.07 Å². The van der Waals surface area contributed by atoms with E-state index in [-0.39, 0.29) is 5.82 Å². The van der Waals surface area contributed by atoms with Crippen molar-refractivity contribution in [2.45, 2.75) is 45.2 Å². The van der Waals surface area contributed by atoms with Gasteiger partial charge in [0.1, 0.15) is 11.6 Å². The zero-order chi connectivity index (χ0) is 24.7. The second kappa shape index (κ2) is 12.7. The zero-order valence-electron chi connectivity index (χ0n) is 20.2. The van der Waals surface area contributed by atoms with Gasteiger partial charge in [0, 0.05) is 60.3 Å². The average Bonchev–Trinajstić information content (AvgIpc) is 2.81. The highest BCUT2D eigenvalue weighted by Gasteiger charge is 2.24. The number of likely N-dealkylation sites (tertiary alicyclic amines) is 1. The molecular formula is C26H36Cl2FN5. The number of benzene rings is 1. The zero-order valence-corrected chi connectivity index (χ0v) is 21.8. The van der Waals surface area contributed by atoms with Gasteiger partial charge in [-0.3, -0.25) is 4.90 Å². The van der Waals surface area contributed by atoms with Crippen molar-refractivity contribution in [2.24, 2.45) is 5.73 Å². The van der Waals surface area contributed by atoms with Crippen LogP contribution in [0, 0.1) is 5.82 Å². The van der Waals surface area contributed by atoms with Gasteiger partial charge in [0.05, 0.1) is 5.02 Å². The number of hydrogen-bond donors (Lipinski definition) is 1. The van der Waals surface area contributed by atoms with Crippen LogP contribution in [-0.4, -0.2) is 60.6 Å². The Morgan fingerprint density at radius 2 is 1.94 bits per heavy atom. The minimum Gasteiger partial charge on any atom is -0.399 e. The number of pyridine rings is 1. The summed E-state index contributed by atoms with van der Waals surface area (Å²) in [5.74, 6) is 0.573. The summed E-state index contributed by atoms with van der Waals surface area (Å²) in [7, 11) is 2.19. The molecule has 186 valence electrons. The Balaban J connectivity index is 1.53. The van der Waals surface area contributed by atoms with Crippen LogP contribution in [0.25, 0.3) is 5.70 Å². The first-order chi connectivity index (χ1) is 16.3. The highest BCUT2D eigenvalue weighted by molar-refractivity contribution is 6.33. The lowest BCUT2D eigenvalue weighted by molar-refractivity contribution is 0.124. The molecule has 34 heavy (non-hydrogen) atoms. The second-order valence-corrected chi connectivity index (χ2v) is 9.96. The summed E-state index contributed by atoms with van der Waals surface area (Å²) in [4.78, 5) is 11.6. The lowest BCUT2D eigenvalue weighted by Crippen LogP contribution is -2.45. The largest absolute Gasteiger partial charge is 0.399 e. The lowest BCUT2D eigenvalue weighted by atomic mass is 10.0. The van der Waals surface area contributed by atoms with Gasteiger partial charge in [-0.15, -0.1) is 0 Å². The maximum absolute atomic E-state index is 14.2. The Hall–Kier alpha value is -1.86. The van der Waals surface area contributed by atoms with Crippen LogP contribution in [0.2, 0.25) is 10.0 Å². The van der Waals surface area contributed by atoms with Crippen molar-refractivity contribution in [1.29, 1.82) is 0 Å². The highest BCUT2D eigenvalue weighted by Crippen LogP contribution is 2.26. The molecule has 0 unspecified atom stereocenters. The molecule has 8 heteroatoms. The quantitative estimate of drug-likeness (QED) is 0.425. The smallest absolute Gasteiger partial charge is 0.147 e. The molecule has 0 saturated carbocycles. The molecule has 1 aromatic heterocycles. The Morgan fingerprint density at radius 3 is 2.56 bits per heavy atom. The van der Waals surface area contributed by atoms with E-state index in [9.17, 15) is 4.39 Å². The number of aromatic nitrogens is 1. The number of rotatable bonds is 11. The summed E-state index contributed by atoms with van der Waals surface area (Å²) < 4.78 is 14.2. The van der Waals surface area contributed by atoms with E-state index in [1.54, 1.807) is 18.3 Å². The van der Waals surface area contributed by atoms with Crippen LogP contribution in [-0.2, 0) is 6.54 Å². The second-order valence-electron chi connectivity index (χ2n) is 9.12. The summed E-state index contributed by atoms with van der Waals surface area (Å²) in [5, 5.41) is 1.04. The molecule has 0 aliphatic carbocycles. The minimum atomic E-state index is -0.227. The van der Waals surface area contributed by atoms with Gasteiger partial charge >= 0.3 is 0 Å². The van der Waals surface area contributed by atoms with Crippen LogP contribution in [0.5, 0.6) is 0 Å². The van der Waals surface area contributed by atoms with Gasteiger partial charge in [-0.2, -0.15) is 0 Å². The highest BCUT2D eigenvalue weighted by atomic mass is 35.5. The van der Waals surface area contributed by atoms with Crippen molar-refractivity contribution in [3.63, 3.8) is 0 Å². The molecule has 1 saturated heterocycles. The van der Waals surface area contributed by atoms with Crippen molar-refractivity contribution >= 4 is 34.7 Å². The Kier molecular flexibility index (Phi) is 10.0. The number of halogens is 3. The number of unbranched alkanes of at least 4 members (excludes halogenated alkanes) is 1. The monoisotopic (exact) mass is 507 g/mol. The van der Waals surface area contributed by atoms with Gasteiger partial charge in [0.15, 0.2) is 0 Å². The van der Waals surface area contributed by atoms with Gasteiger partial charge < -0.3 is 15.5 Å². The molecule has 3 rings (SSSR count). The topological polar surface area (TPSA) is 48.6 Å². The normalized spacial score (nSPS) is 15.1. The predicted molar refractivity (Wildman–Crippen MR) is 142 cm³/mol. The molecule has 1 fully saturated rings. The maximum Gasteiger partial charge on any atom is 0.147 e. The number of piperidine rings is 1. The van der Waals surface area contributed by atoms with Crippen LogP contribution in [0.15, 0.2) is 37.0 Å². The van der Waals surface area contributed by atoms with Crippen molar-refractivity contribution in [3.8, 4) is 0 Å². The number of hydrogen-bond acceptors (Lipinski definition) is 5. The average molecular weight is 509 g/mol. The third-order valence-electron chi connectivity index (χ3n) is 6.59. The van der Waals surface area contributed by atoms with E-state index in [0.29, 0.717) is 33.9 Å². The predicted octanol–water partition coefficient (Wildman–Crippen LogP) is 5.66. The summed E-state index contributed by atoms with van der Waals surface area (Å²) in [6.45, 7) is 11.2. The van der Waals surface area contributed by atoms with E-state index in [4.69, 9.17) is 28.9 Å². The summed E-state index contributed by atoms with van der Waals surface area (Å²) in [5.41, 5.74) is 7.72. The third-order valence-corrected chi connectivity index (χ3v) is 7.10. The fourth-order valence-corrected chi connectivity index (χ4v) is 4.83. The van der Waals surface area contributed by atoms with Gasteiger partial charge in [-0.1, -0.05) is 49.2 Å². The molecule has 0 radical (unpaired) electrons. The maximum atomic E-state index is 14.2. The minimum absolute atomic E-state index is 0.227. The first kappa shape index (κ1) is 26.7. The number of likely N-dealkylation sites (N-methyl/N-ethyl adjacent to an activating group) is 1. The first-order valence-corrected chi connectivity index (χ1v) is 12.8. The molecule has 2 heterocycles. The van der Waals surface area contributed by atoms with Crippen LogP contribution in [0.1, 0.15) is 43.7 Å². The van der Waals surface area contributed by atoms with Crippen LogP contribution in [0.4, 0.5) is 10.2 Å². The Labute approximate surface area is 213 Å². The molecule has 2 N–H and O–H groups in total. The van der Waals surface area contributed by atoms with Crippen molar-refractivity contribution < 1.29 is 4.39 Å². The van der Waals surface area contributed by atoms with Gasteiger partial charge in [0.2, 0.25) is 0 Å². The molecule has 2 aromatic rings. The van der Waals surface area contributed by atoms with Crippen LogP contribution in [0.3, 0.4) is 0 Å². The van der Waals surface area contributed by atoms with Crippen LogP contribution >= 0.6 is 23.2 Å². The molecule has 0 spiro atoms. The van der Waals surface area contributed by atoms with Crippen LogP contribution < -0.4 is 10.6 Å². The number of anilines is 1. The van der Waals surface area contributed by atoms with Gasteiger partial charge in [-0.05, 0) is 57.6 Å². The Bertz CT molecular complexity index is 962. The molecule has 1 aliphatic rings. The fraction of sp³-hybridized carbons (Fsp3) is 0.500. The van der Waals surface area contributed by atoms with E-state index >= 15 is 0 Å². The van der Waals surface area contributed by atoms with Gasteiger partial charge in [-0.25, -0.2) is 9.37 Å². The number of nitrogens with zero attached hydrogens (tertiary/aromatic N) is 4. The van der Waals surface area contributed by atoms with Crippen molar-refractivity contribution in [1.82, 2.24) is 14.8 Å². The lowest BCUT2D eigenvalue weighted by Gasteiger charge is -2.37. The van der Waals surface area contributed by atoms with E-state index < -0.39 is 0 Å². The number of nitrogens with two attached hydrogens (primary N) is 1. The molecule has 1 aromatic carbocycles. The molecule has 0 bridgehead atoms. The Morgan fingerprint density at radius 1 is 1.21 bits per heavy atom.